The van der Waals surface area contributed by atoms with Crippen LogP contribution in [0.15, 0.2) is 66.7 Å². The number of nitrogens with zero attached hydrogens (tertiary/aromatic N) is 1. The van der Waals surface area contributed by atoms with Crippen LogP contribution in [0.25, 0.3) is 11.3 Å². The van der Waals surface area contributed by atoms with Gasteiger partial charge in [-0.15, -0.1) is 0 Å². The van der Waals surface area contributed by atoms with E-state index in [1.165, 1.54) is 7.11 Å². The molecule has 2 aromatic carbocycles. The monoisotopic (exact) mass is 334 g/mol. The van der Waals surface area contributed by atoms with Crippen molar-refractivity contribution in [3.63, 3.8) is 0 Å². The van der Waals surface area contributed by atoms with E-state index in [4.69, 9.17) is 9.47 Å². The van der Waals surface area contributed by atoms with Crippen molar-refractivity contribution in [2.24, 2.45) is 0 Å². The van der Waals surface area contributed by atoms with Gasteiger partial charge in [0.1, 0.15) is 11.3 Å². The van der Waals surface area contributed by atoms with Gasteiger partial charge in [0.2, 0.25) is 5.88 Å². The lowest BCUT2D eigenvalue weighted by atomic mass is 10.1. The number of anilines is 1. The van der Waals surface area contributed by atoms with Crippen LogP contribution in [0, 0.1) is 0 Å². The fourth-order valence-electron chi connectivity index (χ4n) is 2.41. The van der Waals surface area contributed by atoms with Crippen molar-refractivity contribution in [3.8, 4) is 22.9 Å². The van der Waals surface area contributed by atoms with Crippen LogP contribution in [0.4, 0.5) is 5.69 Å². The van der Waals surface area contributed by atoms with Crippen LogP contribution in [-0.4, -0.2) is 25.1 Å². The second-order valence-corrected chi connectivity index (χ2v) is 5.30. The lowest BCUT2D eigenvalue weighted by molar-refractivity contribution is 0.102. The average Bonchev–Trinajstić information content (AvgIpc) is 2.68. The number of pyridine rings is 1. The van der Waals surface area contributed by atoms with E-state index in [0.29, 0.717) is 11.3 Å². The highest BCUT2D eigenvalue weighted by Gasteiger charge is 2.15. The maximum Gasteiger partial charge on any atom is 0.261 e. The van der Waals surface area contributed by atoms with E-state index in [0.717, 1.165) is 17.0 Å². The van der Waals surface area contributed by atoms with E-state index in [1.54, 1.807) is 19.2 Å². The van der Waals surface area contributed by atoms with Gasteiger partial charge in [0, 0.05) is 11.3 Å². The predicted molar refractivity (Wildman–Crippen MR) is 97.2 cm³/mol. The molecular weight excluding hydrogens is 316 g/mol. The van der Waals surface area contributed by atoms with E-state index >= 15 is 0 Å². The summed E-state index contributed by atoms with van der Waals surface area (Å²) in [6, 6.07) is 20.3. The Morgan fingerprint density at radius 2 is 1.60 bits per heavy atom. The molecule has 0 aliphatic carbocycles. The number of para-hydroxylation sites is 1. The lowest BCUT2D eigenvalue weighted by Crippen LogP contribution is -2.14. The fraction of sp³-hybridized carbons (Fsp3) is 0.100. The summed E-state index contributed by atoms with van der Waals surface area (Å²) >= 11 is 0. The molecule has 1 amide bonds. The molecule has 5 nitrogen and oxygen atoms in total. The zero-order valence-electron chi connectivity index (χ0n) is 14.0. The summed E-state index contributed by atoms with van der Waals surface area (Å²) < 4.78 is 10.5. The second-order valence-electron chi connectivity index (χ2n) is 5.30. The average molecular weight is 334 g/mol. The van der Waals surface area contributed by atoms with Crippen molar-refractivity contribution >= 4 is 11.6 Å². The van der Waals surface area contributed by atoms with E-state index in [-0.39, 0.29) is 11.8 Å². The number of nitrogens with one attached hydrogen (secondary N) is 1. The van der Waals surface area contributed by atoms with Gasteiger partial charge in [-0.05, 0) is 48.5 Å². The second kappa shape index (κ2) is 7.49. The molecule has 0 saturated heterocycles. The van der Waals surface area contributed by atoms with Crippen LogP contribution in [0.3, 0.4) is 0 Å². The number of hydrogen-bond acceptors (Lipinski definition) is 4. The van der Waals surface area contributed by atoms with Crippen molar-refractivity contribution in [2.75, 3.05) is 19.5 Å². The number of carbonyl (C=O) groups is 1. The summed E-state index contributed by atoms with van der Waals surface area (Å²) in [4.78, 5) is 16.9. The largest absolute Gasteiger partial charge is 0.497 e. The first-order valence-corrected chi connectivity index (χ1v) is 7.77. The Morgan fingerprint density at radius 1 is 0.880 bits per heavy atom. The highest BCUT2D eigenvalue weighted by Crippen LogP contribution is 2.25. The molecule has 3 aromatic rings. The van der Waals surface area contributed by atoms with Gasteiger partial charge in [-0.2, -0.15) is 0 Å². The third kappa shape index (κ3) is 3.77. The molecule has 0 atom stereocenters. The topological polar surface area (TPSA) is 60.5 Å². The van der Waals surface area contributed by atoms with Gasteiger partial charge in [0.25, 0.3) is 5.91 Å². The van der Waals surface area contributed by atoms with E-state index in [1.807, 2.05) is 54.6 Å². The van der Waals surface area contributed by atoms with Crippen LogP contribution >= 0.6 is 0 Å². The maximum atomic E-state index is 12.5. The first kappa shape index (κ1) is 16.5. The summed E-state index contributed by atoms with van der Waals surface area (Å²) in [5.41, 5.74) is 2.72. The first-order chi connectivity index (χ1) is 12.2. The Kier molecular flexibility index (Phi) is 4.95. The molecule has 0 unspecified atom stereocenters. The minimum absolute atomic E-state index is 0.267. The number of carbonyl (C=O) groups excluding carboxylic acids is 1. The van der Waals surface area contributed by atoms with Crippen molar-refractivity contribution in [2.45, 2.75) is 0 Å². The van der Waals surface area contributed by atoms with Gasteiger partial charge in [-0.25, -0.2) is 4.98 Å². The highest BCUT2D eigenvalue weighted by molar-refractivity contribution is 6.06. The molecule has 126 valence electrons. The van der Waals surface area contributed by atoms with Gasteiger partial charge in [-0.3, -0.25) is 4.79 Å². The molecule has 1 aromatic heterocycles. The molecule has 1 heterocycles. The van der Waals surface area contributed by atoms with Crippen molar-refractivity contribution in [1.82, 2.24) is 4.98 Å². The fourth-order valence-corrected chi connectivity index (χ4v) is 2.41. The molecule has 0 aliphatic heterocycles. The SMILES string of the molecule is COc1ccc(-c2ccc(C(=O)Nc3ccccc3)c(OC)n2)cc1. The molecule has 3 rings (SSSR count). The number of methoxy groups -OCH3 is 2. The zero-order valence-corrected chi connectivity index (χ0v) is 14.0. The van der Waals surface area contributed by atoms with Gasteiger partial charge >= 0.3 is 0 Å². The Labute approximate surface area is 146 Å². The van der Waals surface area contributed by atoms with Crippen LogP contribution in [0.2, 0.25) is 0 Å². The van der Waals surface area contributed by atoms with Crippen molar-refractivity contribution in [3.05, 3.63) is 72.3 Å². The predicted octanol–water partition coefficient (Wildman–Crippen LogP) is 4.02. The molecule has 1 N–H and O–H groups in total. The van der Waals surface area contributed by atoms with Crippen molar-refractivity contribution in [1.29, 1.82) is 0 Å². The molecule has 0 radical (unpaired) electrons. The van der Waals surface area contributed by atoms with Gasteiger partial charge in [-0.1, -0.05) is 18.2 Å². The molecule has 5 heteroatoms. The molecular formula is C20H18N2O3. The third-order valence-corrected chi connectivity index (χ3v) is 3.72. The Bertz CT molecular complexity index is 862. The summed E-state index contributed by atoms with van der Waals surface area (Å²) in [6.45, 7) is 0. The summed E-state index contributed by atoms with van der Waals surface area (Å²) in [7, 11) is 3.12. The number of rotatable bonds is 5. The van der Waals surface area contributed by atoms with E-state index in [9.17, 15) is 4.79 Å². The third-order valence-electron chi connectivity index (χ3n) is 3.72. The van der Waals surface area contributed by atoms with Crippen LogP contribution in [0.5, 0.6) is 11.6 Å². The molecule has 25 heavy (non-hydrogen) atoms. The molecule has 0 aliphatic rings. The summed E-state index contributed by atoms with van der Waals surface area (Å²) in [5.74, 6) is 0.785. The number of hydrogen-bond donors (Lipinski definition) is 1. The Balaban J connectivity index is 1.87. The minimum atomic E-state index is -0.267. The number of amides is 1. The molecule has 0 spiro atoms. The maximum absolute atomic E-state index is 12.5. The number of aromatic nitrogens is 1. The molecule has 0 saturated carbocycles. The van der Waals surface area contributed by atoms with Gasteiger partial charge < -0.3 is 14.8 Å². The Hall–Kier alpha value is -3.34. The van der Waals surface area contributed by atoms with Gasteiger partial charge in [0.05, 0.1) is 19.9 Å². The lowest BCUT2D eigenvalue weighted by Gasteiger charge is -2.10. The van der Waals surface area contributed by atoms with Crippen molar-refractivity contribution < 1.29 is 14.3 Å². The van der Waals surface area contributed by atoms with Crippen LogP contribution in [-0.2, 0) is 0 Å². The summed E-state index contributed by atoms with van der Waals surface area (Å²) in [5, 5.41) is 2.83. The zero-order chi connectivity index (χ0) is 17.6. The standard InChI is InChI=1S/C20H18N2O3/c1-24-16-10-8-14(9-11-16)18-13-12-17(20(22-18)25-2)19(23)21-15-6-4-3-5-7-15/h3-13H,1-2H3,(H,21,23). The van der Waals surface area contributed by atoms with Gasteiger partial charge in [0.15, 0.2) is 0 Å². The number of benzene rings is 2. The van der Waals surface area contributed by atoms with Crippen LogP contribution in [0.1, 0.15) is 10.4 Å². The summed E-state index contributed by atoms with van der Waals surface area (Å²) in [6.07, 6.45) is 0. The van der Waals surface area contributed by atoms with Crippen LogP contribution < -0.4 is 14.8 Å². The molecule has 0 fully saturated rings. The minimum Gasteiger partial charge on any atom is -0.497 e. The van der Waals surface area contributed by atoms with E-state index in [2.05, 4.69) is 10.3 Å². The molecule has 0 bridgehead atoms. The smallest absolute Gasteiger partial charge is 0.261 e. The normalized spacial score (nSPS) is 10.2. The highest BCUT2D eigenvalue weighted by atomic mass is 16.5. The first-order valence-electron chi connectivity index (χ1n) is 7.77. The number of ether oxygens (including phenoxy) is 2. The van der Waals surface area contributed by atoms with E-state index < -0.39 is 0 Å². The Morgan fingerprint density at radius 3 is 2.24 bits per heavy atom. The quantitative estimate of drug-likeness (QED) is 0.765.